The van der Waals surface area contributed by atoms with Gasteiger partial charge in [0.15, 0.2) is 0 Å². The Morgan fingerprint density at radius 1 is 1.05 bits per heavy atom. The number of fused-ring (bicyclic) bond motifs is 1. The van der Waals surface area contributed by atoms with E-state index in [1.54, 1.807) is 0 Å². The van der Waals surface area contributed by atoms with E-state index in [0.717, 1.165) is 33.2 Å². The van der Waals surface area contributed by atoms with Gasteiger partial charge in [-0.3, -0.25) is 0 Å². The molecule has 1 unspecified atom stereocenters. The molecule has 1 atom stereocenters. The van der Waals surface area contributed by atoms with Gasteiger partial charge in [-0.25, -0.2) is 0 Å². The molecule has 0 radical (unpaired) electrons. The van der Waals surface area contributed by atoms with Gasteiger partial charge in [-0.05, 0) is 0 Å². The van der Waals surface area contributed by atoms with Crippen molar-refractivity contribution >= 4 is 30.8 Å². The molecule has 0 aliphatic rings. The van der Waals surface area contributed by atoms with E-state index in [0.29, 0.717) is 0 Å². The number of nitrogens with zero attached hydrogens (tertiary/aromatic N) is 1. The zero-order chi connectivity index (χ0) is 13.8. The molecule has 3 nitrogen and oxygen atoms in total. The number of para-hydroxylation sites is 2. The third-order valence-corrected chi connectivity index (χ3v) is 4.88. The molecular formula is C16H15NO2Se. The van der Waals surface area contributed by atoms with E-state index < -0.39 is 6.10 Å². The number of hydrogen-bond acceptors (Lipinski definition) is 3. The molecule has 102 valence electrons. The normalized spacial score (nSPS) is 12.7. The van der Waals surface area contributed by atoms with Crippen LogP contribution in [0.2, 0.25) is 5.32 Å². The molecule has 0 aliphatic heterocycles. The second-order valence-electron chi connectivity index (χ2n) is 4.51. The summed E-state index contributed by atoms with van der Waals surface area (Å²) in [6.45, 7) is 0. The van der Waals surface area contributed by atoms with Gasteiger partial charge in [0, 0.05) is 0 Å². The molecule has 1 N–H and O–H groups in total. The summed E-state index contributed by atoms with van der Waals surface area (Å²) in [5.41, 5.74) is 2.72. The maximum absolute atomic E-state index is 10.1. The minimum absolute atomic E-state index is 0.161. The second-order valence-corrected chi connectivity index (χ2v) is 6.71. The molecule has 0 saturated heterocycles. The number of oxazole rings is 1. The Balaban J connectivity index is 1.57. The van der Waals surface area contributed by atoms with Crippen molar-refractivity contribution in [2.45, 2.75) is 17.8 Å². The first-order valence-electron chi connectivity index (χ1n) is 6.54. The molecule has 3 aromatic rings. The van der Waals surface area contributed by atoms with Gasteiger partial charge in [-0.15, -0.1) is 0 Å². The first-order chi connectivity index (χ1) is 9.83. The van der Waals surface area contributed by atoms with Crippen molar-refractivity contribution in [2.75, 3.05) is 0 Å². The molecule has 0 amide bonds. The first-order valence-corrected chi connectivity index (χ1v) is 8.61. The van der Waals surface area contributed by atoms with Crippen LogP contribution in [0, 0.1) is 0 Å². The minimum atomic E-state index is -0.401. The molecule has 0 spiro atoms. The molecule has 0 bridgehead atoms. The summed E-state index contributed by atoms with van der Waals surface area (Å²) in [5, 5.41) is 11.0. The predicted octanol–water partition coefficient (Wildman–Crippen LogP) is 2.70. The average Bonchev–Trinajstić information content (AvgIpc) is 2.90. The molecule has 1 heterocycles. The molecule has 2 aromatic carbocycles. The van der Waals surface area contributed by atoms with Crippen LogP contribution < -0.4 is 4.79 Å². The molecule has 3 rings (SSSR count). The Bertz CT molecular complexity index is 648. The van der Waals surface area contributed by atoms with Crippen molar-refractivity contribution < 1.29 is 9.52 Å². The fourth-order valence-corrected chi connectivity index (χ4v) is 3.75. The number of hydrogen-bond donors (Lipinski definition) is 1. The molecule has 1 aromatic heterocycles. The van der Waals surface area contributed by atoms with Gasteiger partial charge in [0.2, 0.25) is 0 Å². The van der Waals surface area contributed by atoms with Gasteiger partial charge in [0.05, 0.1) is 0 Å². The fourth-order valence-electron chi connectivity index (χ4n) is 2.01. The monoisotopic (exact) mass is 333 g/mol. The summed E-state index contributed by atoms with van der Waals surface area (Å²) < 4.78 is 5.69. The van der Waals surface area contributed by atoms with Crippen LogP contribution in [0.25, 0.3) is 11.1 Å². The van der Waals surface area contributed by atoms with Crippen molar-refractivity contribution in [1.29, 1.82) is 0 Å². The standard InChI is InChI=1S/C16H15NO2Se/c18-14(12-6-2-1-3-7-12)10-11-20-16-17-13-8-4-5-9-15(13)19-16/h1-9,14,18H,10-11H2. The summed E-state index contributed by atoms with van der Waals surface area (Å²) in [6.07, 6.45) is 0.338. The second kappa shape index (κ2) is 6.23. The Labute approximate surface area is 123 Å². The van der Waals surface area contributed by atoms with E-state index in [2.05, 4.69) is 4.98 Å². The van der Waals surface area contributed by atoms with Crippen molar-refractivity contribution in [3.63, 3.8) is 0 Å². The third-order valence-electron chi connectivity index (χ3n) is 3.08. The zero-order valence-electron chi connectivity index (χ0n) is 10.9. The summed E-state index contributed by atoms with van der Waals surface area (Å²) in [6, 6.07) is 17.6. The SMILES string of the molecule is OC(CC[Se]c1nc2ccccc2o1)c1ccccc1. The molecule has 4 heteroatoms. The maximum atomic E-state index is 10.1. The Kier molecular flexibility index (Phi) is 4.16. The number of aliphatic hydroxyl groups excluding tert-OH is 1. The van der Waals surface area contributed by atoms with Gasteiger partial charge in [-0.2, -0.15) is 0 Å². The number of rotatable bonds is 5. The molecule has 20 heavy (non-hydrogen) atoms. The van der Waals surface area contributed by atoms with Gasteiger partial charge in [0.1, 0.15) is 0 Å². The van der Waals surface area contributed by atoms with E-state index in [1.165, 1.54) is 0 Å². The van der Waals surface area contributed by atoms with Crippen LogP contribution in [0.15, 0.2) is 59.0 Å². The van der Waals surface area contributed by atoms with E-state index in [4.69, 9.17) is 4.42 Å². The van der Waals surface area contributed by atoms with E-state index >= 15 is 0 Å². The predicted molar refractivity (Wildman–Crippen MR) is 80.2 cm³/mol. The number of benzene rings is 2. The van der Waals surface area contributed by atoms with E-state index in [-0.39, 0.29) is 15.0 Å². The van der Waals surface area contributed by atoms with Crippen LogP contribution in [0.5, 0.6) is 0 Å². The summed E-state index contributed by atoms with van der Waals surface area (Å²) in [7, 11) is 0. The Morgan fingerprint density at radius 2 is 1.80 bits per heavy atom. The fraction of sp³-hybridized carbons (Fsp3) is 0.188. The van der Waals surface area contributed by atoms with Gasteiger partial charge in [-0.1, -0.05) is 0 Å². The van der Waals surface area contributed by atoms with Gasteiger partial charge in [0.25, 0.3) is 0 Å². The van der Waals surface area contributed by atoms with Crippen molar-refractivity contribution in [3.05, 3.63) is 60.2 Å². The summed E-state index contributed by atoms with van der Waals surface area (Å²) in [5.74, 6) is 0. The molecular weight excluding hydrogens is 317 g/mol. The van der Waals surface area contributed by atoms with Gasteiger partial charge < -0.3 is 0 Å². The average molecular weight is 332 g/mol. The summed E-state index contributed by atoms with van der Waals surface area (Å²) in [4.78, 5) is 5.27. The topological polar surface area (TPSA) is 46.3 Å². The number of aromatic nitrogens is 1. The van der Waals surface area contributed by atoms with E-state index in [9.17, 15) is 5.11 Å². The van der Waals surface area contributed by atoms with Crippen molar-refractivity contribution in [2.24, 2.45) is 0 Å². The Hall–Kier alpha value is -1.61. The van der Waals surface area contributed by atoms with Crippen LogP contribution in [0.4, 0.5) is 0 Å². The van der Waals surface area contributed by atoms with Crippen LogP contribution in [-0.2, 0) is 0 Å². The molecule has 0 aliphatic carbocycles. The Morgan fingerprint density at radius 3 is 2.60 bits per heavy atom. The number of aliphatic hydroxyl groups is 1. The van der Waals surface area contributed by atoms with Gasteiger partial charge >= 0.3 is 123 Å². The van der Waals surface area contributed by atoms with Crippen molar-refractivity contribution in [1.82, 2.24) is 4.98 Å². The zero-order valence-corrected chi connectivity index (χ0v) is 12.6. The molecule has 0 fully saturated rings. The summed E-state index contributed by atoms with van der Waals surface area (Å²) >= 11 is 0.161. The van der Waals surface area contributed by atoms with Crippen LogP contribution in [0.3, 0.4) is 0 Å². The van der Waals surface area contributed by atoms with Crippen LogP contribution >= 0.6 is 0 Å². The van der Waals surface area contributed by atoms with Crippen LogP contribution in [0.1, 0.15) is 18.1 Å². The van der Waals surface area contributed by atoms with Crippen molar-refractivity contribution in [3.8, 4) is 0 Å². The quantitative estimate of drug-likeness (QED) is 0.731. The van der Waals surface area contributed by atoms with E-state index in [1.807, 2.05) is 54.6 Å². The van der Waals surface area contributed by atoms with Crippen LogP contribution in [-0.4, -0.2) is 25.0 Å². The first kappa shape index (κ1) is 13.4. The third kappa shape index (κ3) is 3.10. The molecule has 0 saturated carbocycles.